The van der Waals surface area contributed by atoms with Gasteiger partial charge in [0.15, 0.2) is 0 Å². The zero-order valence-corrected chi connectivity index (χ0v) is 13.1. The summed E-state index contributed by atoms with van der Waals surface area (Å²) in [5, 5.41) is 2.92. The summed E-state index contributed by atoms with van der Waals surface area (Å²) in [5.41, 5.74) is 0.333. The first-order valence-corrected chi connectivity index (χ1v) is 7.80. The van der Waals surface area contributed by atoms with Gasteiger partial charge >= 0.3 is 6.03 Å². The molecule has 1 aromatic heterocycles. The monoisotopic (exact) mass is 302 g/mol. The molecular formula is C16H22N4O2. The second-order valence-electron chi connectivity index (χ2n) is 6.38. The van der Waals surface area contributed by atoms with E-state index in [0.29, 0.717) is 13.0 Å². The molecule has 118 valence electrons. The standard InChI is InChI=1S/C16H22N4O2/c1-12(2)20-14(21)16(18-15(20)22)7-10-19(11-16)9-6-13-5-3-4-8-17-13/h3-5,8,12H,6-7,9-11H2,1-2H3,(H,18,22)/t16-/m1/s1. The summed E-state index contributed by atoms with van der Waals surface area (Å²) >= 11 is 0. The first kappa shape index (κ1) is 15.0. The summed E-state index contributed by atoms with van der Waals surface area (Å²) in [6.07, 6.45) is 3.33. The van der Waals surface area contributed by atoms with Crippen molar-refractivity contribution in [2.75, 3.05) is 19.6 Å². The van der Waals surface area contributed by atoms with E-state index in [9.17, 15) is 9.59 Å². The lowest BCUT2D eigenvalue weighted by Gasteiger charge is -2.23. The van der Waals surface area contributed by atoms with E-state index in [1.54, 1.807) is 6.20 Å². The van der Waals surface area contributed by atoms with Crippen LogP contribution in [0.1, 0.15) is 26.0 Å². The van der Waals surface area contributed by atoms with Crippen LogP contribution in [0.5, 0.6) is 0 Å². The summed E-state index contributed by atoms with van der Waals surface area (Å²) in [6, 6.07) is 5.53. The van der Waals surface area contributed by atoms with Gasteiger partial charge in [-0.05, 0) is 32.4 Å². The van der Waals surface area contributed by atoms with Crippen molar-refractivity contribution in [2.24, 2.45) is 0 Å². The van der Waals surface area contributed by atoms with Gasteiger partial charge in [0.05, 0.1) is 0 Å². The van der Waals surface area contributed by atoms with Crippen molar-refractivity contribution < 1.29 is 9.59 Å². The predicted octanol–water partition coefficient (Wildman–Crippen LogP) is 1.03. The molecule has 1 spiro atoms. The number of nitrogens with zero attached hydrogens (tertiary/aromatic N) is 3. The van der Waals surface area contributed by atoms with Gasteiger partial charge in [0.2, 0.25) is 0 Å². The van der Waals surface area contributed by atoms with Crippen molar-refractivity contribution in [3.8, 4) is 0 Å². The predicted molar refractivity (Wildman–Crippen MR) is 82.2 cm³/mol. The van der Waals surface area contributed by atoms with Gasteiger partial charge in [0.1, 0.15) is 5.54 Å². The molecule has 1 N–H and O–H groups in total. The van der Waals surface area contributed by atoms with Crippen LogP contribution in [0, 0.1) is 0 Å². The van der Waals surface area contributed by atoms with E-state index >= 15 is 0 Å². The van der Waals surface area contributed by atoms with Crippen LogP contribution in [0.3, 0.4) is 0 Å². The molecule has 0 aliphatic carbocycles. The van der Waals surface area contributed by atoms with Gasteiger partial charge in [-0.15, -0.1) is 0 Å². The topological polar surface area (TPSA) is 65.5 Å². The number of amides is 3. The molecule has 3 heterocycles. The number of aromatic nitrogens is 1. The van der Waals surface area contributed by atoms with Crippen LogP contribution >= 0.6 is 0 Å². The minimum absolute atomic E-state index is 0.0761. The number of carbonyl (C=O) groups is 2. The molecule has 22 heavy (non-hydrogen) atoms. The molecule has 2 fully saturated rings. The molecule has 0 bridgehead atoms. The summed E-state index contributed by atoms with van der Waals surface area (Å²) in [4.78, 5) is 32.5. The molecule has 6 nitrogen and oxygen atoms in total. The normalized spacial score (nSPS) is 25.5. The Morgan fingerprint density at radius 1 is 1.36 bits per heavy atom. The minimum Gasteiger partial charge on any atom is -0.322 e. The number of hydrogen-bond donors (Lipinski definition) is 1. The summed E-state index contributed by atoms with van der Waals surface area (Å²) in [7, 11) is 0. The Balaban J connectivity index is 1.62. The first-order chi connectivity index (χ1) is 10.5. The van der Waals surface area contributed by atoms with Crippen LogP contribution < -0.4 is 5.32 Å². The number of pyridine rings is 1. The zero-order valence-electron chi connectivity index (χ0n) is 13.1. The van der Waals surface area contributed by atoms with E-state index in [-0.39, 0.29) is 18.0 Å². The largest absolute Gasteiger partial charge is 0.325 e. The zero-order chi connectivity index (χ0) is 15.7. The van der Waals surface area contributed by atoms with Gasteiger partial charge < -0.3 is 5.32 Å². The average Bonchev–Trinajstić information content (AvgIpc) is 3.00. The molecule has 0 saturated carbocycles. The van der Waals surface area contributed by atoms with Gasteiger partial charge in [-0.1, -0.05) is 6.07 Å². The summed E-state index contributed by atoms with van der Waals surface area (Å²) in [5.74, 6) is -0.0761. The van der Waals surface area contributed by atoms with Crippen molar-refractivity contribution >= 4 is 11.9 Å². The molecule has 3 rings (SSSR count). The highest BCUT2D eigenvalue weighted by molar-refractivity contribution is 6.07. The molecule has 1 aromatic rings. The lowest BCUT2D eigenvalue weighted by Crippen LogP contribution is -2.49. The van der Waals surface area contributed by atoms with Crippen LogP contribution in [-0.2, 0) is 11.2 Å². The van der Waals surface area contributed by atoms with Crippen LogP contribution in [0.15, 0.2) is 24.4 Å². The molecule has 0 unspecified atom stereocenters. The smallest absolute Gasteiger partial charge is 0.322 e. The van der Waals surface area contributed by atoms with Crippen LogP contribution in [0.4, 0.5) is 4.79 Å². The molecule has 2 aliphatic rings. The second-order valence-corrected chi connectivity index (χ2v) is 6.38. The third kappa shape index (κ3) is 2.59. The van der Waals surface area contributed by atoms with E-state index in [1.165, 1.54) is 4.90 Å². The van der Waals surface area contributed by atoms with Crippen LogP contribution in [0.25, 0.3) is 0 Å². The number of rotatable bonds is 4. The summed E-state index contributed by atoms with van der Waals surface area (Å²) < 4.78 is 0. The van der Waals surface area contributed by atoms with Gasteiger partial charge in [0.25, 0.3) is 5.91 Å². The van der Waals surface area contributed by atoms with Crippen molar-refractivity contribution in [3.63, 3.8) is 0 Å². The molecule has 6 heteroatoms. The minimum atomic E-state index is -0.717. The Hall–Kier alpha value is -1.95. The van der Waals surface area contributed by atoms with Crippen LogP contribution in [-0.4, -0.2) is 57.9 Å². The Kier molecular flexibility index (Phi) is 3.87. The molecule has 1 atom stereocenters. The molecular weight excluding hydrogens is 280 g/mol. The van der Waals surface area contributed by atoms with Crippen molar-refractivity contribution in [1.29, 1.82) is 0 Å². The van der Waals surface area contributed by atoms with Gasteiger partial charge in [-0.2, -0.15) is 0 Å². The maximum atomic E-state index is 12.6. The fourth-order valence-electron chi connectivity index (χ4n) is 3.29. The van der Waals surface area contributed by atoms with E-state index in [1.807, 2.05) is 32.0 Å². The fourth-order valence-corrected chi connectivity index (χ4v) is 3.29. The Morgan fingerprint density at radius 2 is 2.18 bits per heavy atom. The van der Waals surface area contributed by atoms with Gasteiger partial charge in [-0.3, -0.25) is 19.6 Å². The van der Waals surface area contributed by atoms with Crippen LogP contribution in [0.2, 0.25) is 0 Å². The third-order valence-electron chi connectivity index (χ3n) is 4.47. The number of hydrogen-bond acceptors (Lipinski definition) is 4. The second kappa shape index (κ2) is 5.68. The lowest BCUT2D eigenvalue weighted by molar-refractivity contribution is -0.132. The fraction of sp³-hybridized carbons (Fsp3) is 0.562. The number of urea groups is 1. The molecule has 2 aliphatic heterocycles. The van der Waals surface area contributed by atoms with Crippen molar-refractivity contribution in [3.05, 3.63) is 30.1 Å². The molecule has 2 saturated heterocycles. The van der Waals surface area contributed by atoms with Crippen molar-refractivity contribution in [2.45, 2.75) is 38.3 Å². The van der Waals surface area contributed by atoms with E-state index in [4.69, 9.17) is 0 Å². The third-order valence-corrected chi connectivity index (χ3v) is 4.47. The highest BCUT2D eigenvalue weighted by Crippen LogP contribution is 2.29. The molecule has 0 aromatic carbocycles. The SMILES string of the molecule is CC(C)N1C(=O)N[C@@]2(CCN(CCc3ccccn3)C2)C1=O. The van der Waals surface area contributed by atoms with Gasteiger partial charge in [0, 0.05) is 44.0 Å². The Bertz CT molecular complexity index is 575. The number of carbonyl (C=O) groups excluding carboxylic acids is 2. The number of imide groups is 1. The maximum absolute atomic E-state index is 12.6. The lowest BCUT2D eigenvalue weighted by atomic mass is 9.98. The van der Waals surface area contributed by atoms with E-state index in [2.05, 4.69) is 15.2 Å². The van der Waals surface area contributed by atoms with Gasteiger partial charge in [-0.25, -0.2) is 4.79 Å². The molecule has 0 radical (unpaired) electrons. The quantitative estimate of drug-likeness (QED) is 0.844. The highest BCUT2D eigenvalue weighted by atomic mass is 16.2. The first-order valence-electron chi connectivity index (χ1n) is 7.80. The highest BCUT2D eigenvalue weighted by Gasteiger charge is 2.54. The Morgan fingerprint density at radius 3 is 2.82 bits per heavy atom. The maximum Gasteiger partial charge on any atom is 0.325 e. The number of likely N-dealkylation sites (tertiary alicyclic amines) is 1. The average molecular weight is 302 g/mol. The number of nitrogens with one attached hydrogen (secondary N) is 1. The molecule has 3 amide bonds. The Labute approximate surface area is 130 Å². The van der Waals surface area contributed by atoms with Crippen molar-refractivity contribution in [1.82, 2.24) is 20.1 Å². The van der Waals surface area contributed by atoms with E-state index < -0.39 is 5.54 Å². The van der Waals surface area contributed by atoms with E-state index in [0.717, 1.165) is 25.2 Å². The summed E-state index contributed by atoms with van der Waals surface area (Å²) in [6.45, 7) is 6.00.